The number of rotatable bonds is 6. The third kappa shape index (κ3) is 5.87. The highest BCUT2D eigenvalue weighted by molar-refractivity contribution is 5.90. The largest absolute Gasteiger partial charge is 0.444 e. The Balaban J connectivity index is 1.54. The van der Waals surface area contributed by atoms with E-state index in [9.17, 15) is 27.6 Å². The Bertz CT molecular complexity index is 1160. The summed E-state index contributed by atoms with van der Waals surface area (Å²) in [7, 11) is 0. The van der Waals surface area contributed by atoms with Crippen LogP contribution in [-0.4, -0.2) is 64.4 Å². The van der Waals surface area contributed by atoms with Gasteiger partial charge in [0.1, 0.15) is 18.8 Å². The van der Waals surface area contributed by atoms with Crippen LogP contribution in [0.2, 0.25) is 0 Å². The lowest BCUT2D eigenvalue weighted by Gasteiger charge is -2.51. The van der Waals surface area contributed by atoms with Crippen molar-refractivity contribution in [3.05, 3.63) is 70.8 Å². The number of ether oxygens (including phenoxy) is 1. The van der Waals surface area contributed by atoms with E-state index in [1.165, 1.54) is 22.8 Å². The van der Waals surface area contributed by atoms with E-state index in [-0.39, 0.29) is 56.5 Å². The molecule has 4 rings (SSSR count). The monoisotopic (exact) mass is 518 g/mol. The molecule has 0 aliphatic carbocycles. The summed E-state index contributed by atoms with van der Waals surface area (Å²) in [6.07, 6.45) is -5.82. The highest BCUT2D eigenvalue weighted by atomic mass is 19.4. The Hall–Kier alpha value is -3.60. The molecule has 2 aliphatic heterocycles. The smallest absolute Gasteiger partial charge is 0.416 e. The van der Waals surface area contributed by atoms with E-state index >= 15 is 0 Å². The fourth-order valence-electron chi connectivity index (χ4n) is 4.91. The molecule has 0 spiro atoms. The molecule has 0 radical (unpaired) electrons. The molecule has 0 aromatic heterocycles. The second-order valence-corrected chi connectivity index (χ2v) is 9.28. The van der Waals surface area contributed by atoms with Crippen LogP contribution in [0, 0.1) is 6.92 Å². The Morgan fingerprint density at radius 3 is 2.51 bits per heavy atom. The first kappa shape index (κ1) is 26.5. The minimum atomic E-state index is -4.52. The van der Waals surface area contributed by atoms with Gasteiger partial charge in [0.15, 0.2) is 0 Å². The first-order chi connectivity index (χ1) is 17.6. The van der Waals surface area contributed by atoms with Crippen LogP contribution in [0.1, 0.15) is 35.1 Å². The van der Waals surface area contributed by atoms with Gasteiger partial charge < -0.3 is 20.3 Å². The van der Waals surface area contributed by atoms with Crippen LogP contribution in [-0.2, 0) is 33.7 Å². The standard InChI is InChI=1S/C26H29F3N4O4/c1-17-11-19(13-20(12-17)26(27,28)29)16-37-25(36)32-10-8-23(34)33-21(7-9-30)24(35)31(15-22(32)33)14-18-5-3-2-4-6-18/h2-6,11-13,21-22H,7-10,14-16,30H2,1H3/t21-,22+/m0/s1. The Morgan fingerprint density at radius 1 is 1.11 bits per heavy atom. The number of halogens is 3. The van der Waals surface area contributed by atoms with Crippen molar-refractivity contribution < 1.29 is 32.3 Å². The van der Waals surface area contributed by atoms with Crippen molar-refractivity contribution in [2.24, 2.45) is 5.73 Å². The van der Waals surface area contributed by atoms with Gasteiger partial charge in [0.25, 0.3) is 0 Å². The van der Waals surface area contributed by atoms with E-state index in [2.05, 4.69) is 0 Å². The molecule has 2 heterocycles. The van der Waals surface area contributed by atoms with Gasteiger partial charge in [-0.05, 0) is 43.1 Å². The number of amides is 3. The quantitative estimate of drug-likeness (QED) is 0.633. The summed E-state index contributed by atoms with van der Waals surface area (Å²) >= 11 is 0. The van der Waals surface area contributed by atoms with Gasteiger partial charge in [0, 0.05) is 19.5 Å². The molecule has 37 heavy (non-hydrogen) atoms. The molecule has 2 N–H and O–H groups in total. The SMILES string of the molecule is Cc1cc(COC(=O)N2CCC(=O)N3[C@@H]2CN(Cc2ccccc2)C(=O)[C@@H]3CCN)cc(C(F)(F)F)c1. The fraction of sp³-hybridized carbons (Fsp3) is 0.423. The number of alkyl halides is 3. The van der Waals surface area contributed by atoms with Gasteiger partial charge in [-0.25, -0.2) is 4.79 Å². The van der Waals surface area contributed by atoms with E-state index in [0.29, 0.717) is 12.1 Å². The van der Waals surface area contributed by atoms with E-state index in [1.807, 2.05) is 30.3 Å². The lowest BCUT2D eigenvalue weighted by molar-refractivity contribution is -0.168. The summed E-state index contributed by atoms with van der Waals surface area (Å²) in [6, 6.07) is 12.0. The van der Waals surface area contributed by atoms with Gasteiger partial charge in [-0.3, -0.25) is 14.5 Å². The van der Waals surface area contributed by atoms with Crippen LogP contribution in [0.4, 0.5) is 18.0 Å². The lowest BCUT2D eigenvalue weighted by Crippen LogP contribution is -2.71. The number of carbonyl (C=O) groups is 3. The highest BCUT2D eigenvalue weighted by Crippen LogP contribution is 2.31. The van der Waals surface area contributed by atoms with Crippen molar-refractivity contribution in [3.63, 3.8) is 0 Å². The van der Waals surface area contributed by atoms with Crippen molar-refractivity contribution in [1.82, 2.24) is 14.7 Å². The highest BCUT2D eigenvalue weighted by Gasteiger charge is 2.48. The van der Waals surface area contributed by atoms with Crippen molar-refractivity contribution in [1.29, 1.82) is 0 Å². The molecule has 11 heteroatoms. The van der Waals surface area contributed by atoms with Gasteiger partial charge in [-0.2, -0.15) is 13.2 Å². The number of hydrogen-bond donors (Lipinski definition) is 1. The molecular weight excluding hydrogens is 489 g/mol. The zero-order chi connectivity index (χ0) is 26.7. The minimum absolute atomic E-state index is 0.00129. The van der Waals surface area contributed by atoms with Crippen molar-refractivity contribution >= 4 is 17.9 Å². The topological polar surface area (TPSA) is 96.2 Å². The molecule has 2 aromatic carbocycles. The maximum absolute atomic E-state index is 13.3. The van der Waals surface area contributed by atoms with Crippen LogP contribution >= 0.6 is 0 Å². The first-order valence-electron chi connectivity index (χ1n) is 12.0. The Morgan fingerprint density at radius 2 is 1.84 bits per heavy atom. The van der Waals surface area contributed by atoms with Crippen LogP contribution < -0.4 is 5.73 Å². The van der Waals surface area contributed by atoms with Crippen molar-refractivity contribution in [2.75, 3.05) is 19.6 Å². The third-order valence-corrected chi connectivity index (χ3v) is 6.57. The molecule has 0 bridgehead atoms. The molecule has 8 nitrogen and oxygen atoms in total. The van der Waals surface area contributed by atoms with E-state index < -0.39 is 30.0 Å². The van der Waals surface area contributed by atoms with E-state index in [1.54, 1.807) is 4.90 Å². The second-order valence-electron chi connectivity index (χ2n) is 9.28. The maximum Gasteiger partial charge on any atom is 0.416 e. The van der Waals surface area contributed by atoms with Crippen LogP contribution in [0.15, 0.2) is 48.5 Å². The van der Waals surface area contributed by atoms with Crippen LogP contribution in [0.3, 0.4) is 0 Å². The van der Waals surface area contributed by atoms with Crippen molar-refractivity contribution in [3.8, 4) is 0 Å². The van der Waals surface area contributed by atoms with E-state index in [0.717, 1.165) is 17.7 Å². The molecule has 2 saturated heterocycles. The molecule has 2 aliphatic rings. The van der Waals surface area contributed by atoms with Gasteiger partial charge in [0.05, 0.1) is 12.1 Å². The summed E-state index contributed by atoms with van der Waals surface area (Å²) in [6.45, 7) is 1.80. The zero-order valence-electron chi connectivity index (χ0n) is 20.4. The predicted octanol–water partition coefficient (Wildman–Crippen LogP) is 3.27. The number of nitrogens with two attached hydrogens (primary N) is 1. The van der Waals surface area contributed by atoms with Crippen LogP contribution in [0.5, 0.6) is 0 Å². The molecule has 0 unspecified atom stereocenters. The number of carbonyl (C=O) groups excluding carboxylic acids is 3. The van der Waals surface area contributed by atoms with Gasteiger partial charge >= 0.3 is 12.3 Å². The number of hydrogen-bond acceptors (Lipinski definition) is 5. The molecule has 2 aromatic rings. The fourth-order valence-corrected chi connectivity index (χ4v) is 4.91. The normalized spacial score (nSPS) is 20.2. The van der Waals surface area contributed by atoms with Crippen molar-refractivity contribution in [2.45, 2.75) is 51.3 Å². The number of nitrogens with zero attached hydrogens (tertiary/aromatic N) is 3. The van der Waals surface area contributed by atoms with Gasteiger partial charge in [-0.15, -0.1) is 0 Å². The predicted molar refractivity (Wildman–Crippen MR) is 128 cm³/mol. The lowest BCUT2D eigenvalue weighted by atomic mass is 10.0. The maximum atomic E-state index is 13.3. The number of benzene rings is 2. The summed E-state index contributed by atoms with van der Waals surface area (Å²) in [5, 5.41) is 0. The molecule has 0 saturated carbocycles. The third-order valence-electron chi connectivity index (χ3n) is 6.57. The summed E-state index contributed by atoms with van der Waals surface area (Å²) in [4.78, 5) is 43.7. The molecule has 2 atom stereocenters. The zero-order valence-corrected chi connectivity index (χ0v) is 20.4. The van der Waals surface area contributed by atoms with Gasteiger partial charge in [-0.1, -0.05) is 42.0 Å². The summed E-state index contributed by atoms with van der Waals surface area (Å²) in [5.41, 5.74) is 6.43. The summed E-state index contributed by atoms with van der Waals surface area (Å²) in [5.74, 6) is -0.498. The Kier molecular flexibility index (Phi) is 7.72. The minimum Gasteiger partial charge on any atom is -0.444 e. The first-order valence-corrected chi connectivity index (χ1v) is 12.0. The average Bonchev–Trinajstić information content (AvgIpc) is 2.85. The average molecular weight is 519 g/mol. The Labute approximate surface area is 212 Å². The number of aryl methyl sites for hydroxylation is 1. The number of fused-ring (bicyclic) bond motifs is 1. The number of piperazine rings is 1. The van der Waals surface area contributed by atoms with Gasteiger partial charge in [0.2, 0.25) is 11.8 Å². The second kappa shape index (κ2) is 10.8. The molecular formula is C26H29F3N4O4. The molecule has 198 valence electrons. The summed E-state index contributed by atoms with van der Waals surface area (Å²) < 4.78 is 45.0. The molecule has 3 amide bonds. The van der Waals surface area contributed by atoms with Crippen LogP contribution in [0.25, 0.3) is 0 Å². The van der Waals surface area contributed by atoms with E-state index in [4.69, 9.17) is 10.5 Å². The molecule has 2 fully saturated rings.